The molecule has 4 heteroatoms. The van der Waals surface area contributed by atoms with E-state index in [0.29, 0.717) is 0 Å². The molecule has 0 aliphatic rings. The van der Waals surface area contributed by atoms with Crippen molar-refractivity contribution in [2.75, 3.05) is 13.6 Å². The predicted molar refractivity (Wildman–Crippen MR) is 83.3 cm³/mol. The molecule has 19 heavy (non-hydrogen) atoms. The van der Waals surface area contributed by atoms with Crippen LogP contribution in [0.1, 0.15) is 33.3 Å². The van der Waals surface area contributed by atoms with Crippen molar-refractivity contribution in [2.45, 2.75) is 46.3 Å². The molecule has 1 aromatic rings. The predicted octanol–water partition coefficient (Wildman–Crippen LogP) is 3.79. The summed E-state index contributed by atoms with van der Waals surface area (Å²) in [7, 11) is 1.95. The van der Waals surface area contributed by atoms with E-state index in [-0.39, 0.29) is 12.2 Å². The van der Waals surface area contributed by atoms with Gasteiger partial charge in [-0.1, -0.05) is 0 Å². The van der Waals surface area contributed by atoms with E-state index >= 15 is 0 Å². The summed E-state index contributed by atoms with van der Waals surface area (Å²) >= 11 is 3.57. The molecular formula is C15H24BrNO2. The second kappa shape index (κ2) is 7.75. The summed E-state index contributed by atoms with van der Waals surface area (Å²) in [5, 5.41) is 3.16. The van der Waals surface area contributed by atoms with Gasteiger partial charge in [0.25, 0.3) is 0 Å². The van der Waals surface area contributed by atoms with Gasteiger partial charge in [-0.2, -0.15) is 0 Å². The summed E-state index contributed by atoms with van der Waals surface area (Å²) in [5.74, 6) is 1.74. The van der Waals surface area contributed by atoms with Gasteiger partial charge in [-0.25, -0.2) is 0 Å². The molecule has 3 nitrogen and oxygen atoms in total. The van der Waals surface area contributed by atoms with Crippen molar-refractivity contribution in [3.8, 4) is 11.5 Å². The summed E-state index contributed by atoms with van der Waals surface area (Å²) in [6, 6.07) is 4.07. The minimum absolute atomic E-state index is 0.145. The molecule has 0 heterocycles. The molecule has 0 unspecified atom stereocenters. The highest BCUT2D eigenvalue weighted by molar-refractivity contribution is 9.10. The van der Waals surface area contributed by atoms with Crippen molar-refractivity contribution in [3.05, 3.63) is 22.2 Å². The van der Waals surface area contributed by atoms with Gasteiger partial charge < -0.3 is 14.8 Å². The molecule has 108 valence electrons. The maximum atomic E-state index is 5.89. The van der Waals surface area contributed by atoms with Crippen LogP contribution in [0.2, 0.25) is 0 Å². The zero-order chi connectivity index (χ0) is 14.4. The summed E-state index contributed by atoms with van der Waals surface area (Å²) in [6.45, 7) is 9.03. The lowest BCUT2D eigenvalue weighted by atomic mass is 10.1. The van der Waals surface area contributed by atoms with Gasteiger partial charge in [-0.05, 0) is 75.3 Å². The van der Waals surface area contributed by atoms with Gasteiger partial charge in [-0.3, -0.25) is 0 Å². The number of benzene rings is 1. The Labute approximate surface area is 124 Å². The fraction of sp³-hybridized carbons (Fsp3) is 0.600. The van der Waals surface area contributed by atoms with Crippen LogP contribution in [-0.4, -0.2) is 25.8 Å². The van der Waals surface area contributed by atoms with Crippen LogP contribution in [-0.2, 0) is 6.42 Å². The van der Waals surface area contributed by atoms with E-state index in [9.17, 15) is 0 Å². The molecule has 0 radical (unpaired) electrons. The maximum Gasteiger partial charge on any atom is 0.137 e. The van der Waals surface area contributed by atoms with Crippen LogP contribution in [0.15, 0.2) is 16.6 Å². The second-order valence-corrected chi connectivity index (χ2v) is 5.93. The third-order valence-corrected chi connectivity index (χ3v) is 3.10. The van der Waals surface area contributed by atoms with E-state index in [4.69, 9.17) is 9.47 Å². The van der Waals surface area contributed by atoms with Crippen LogP contribution in [0, 0.1) is 0 Å². The molecule has 0 spiro atoms. The third-order valence-electron chi connectivity index (χ3n) is 2.48. The van der Waals surface area contributed by atoms with Crippen molar-refractivity contribution in [3.63, 3.8) is 0 Å². The first kappa shape index (κ1) is 16.3. The van der Waals surface area contributed by atoms with E-state index in [1.54, 1.807) is 0 Å². The largest absolute Gasteiger partial charge is 0.491 e. The average Bonchev–Trinajstić information content (AvgIpc) is 2.30. The van der Waals surface area contributed by atoms with E-state index in [1.165, 1.54) is 5.56 Å². The van der Waals surface area contributed by atoms with Crippen molar-refractivity contribution in [2.24, 2.45) is 0 Å². The SMILES string of the molecule is CNCCc1cc(Br)c(OC(C)C)cc1OC(C)C. The number of nitrogens with one attached hydrogen (secondary N) is 1. The minimum atomic E-state index is 0.145. The molecule has 0 fully saturated rings. The van der Waals surface area contributed by atoms with Crippen LogP contribution in [0.25, 0.3) is 0 Å². The van der Waals surface area contributed by atoms with Crippen molar-refractivity contribution in [1.82, 2.24) is 5.32 Å². The highest BCUT2D eigenvalue weighted by Gasteiger charge is 2.12. The average molecular weight is 330 g/mol. The number of halogens is 1. The van der Waals surface area contributed by atoms with Gasteiger partial charge in [0.15, 0.2) is 0 Å². The number of hydrogen-bond acceptors (Lipinski definition) is 3. The highest BCUT2D eigenvalue weighted by atomic mass is 79.9. The van der Waals surface area contributed by atoms with Gasteiger partial charge in [0.2, 0.25) is 0 Å². The Morgan fingerprint density at radius 2 is 1.63 bits per heavy atom. The van der Waals surface area contributed by atoms with Crippen molar-refractivity contribution < 1.29 is 9.47 Å². The smallest absolute Gasteiger partial charge is 0.137 e. The van der Waals surface area contributed by atoms with Crippen LogP contribution >= 0.6 is 15.9 Å². The Morgan fingerprint density at radius 1 is 1.05 bits per heavy atom. The Bertz CT molecular complexity index is 405. The van der Waals surface area contributed by atoms with Crippen LogP contribution in [0.3, 0.4) is 0 Å². The quantitative estimate of drug-likeness (QED) is 0.825. The monoisotopic (exact) mass is 329 g/mol. The summed E-state index contributed by atoms with van der Waals surface area (Å²) < 4.78 is 12.7. The number of likely N-dealkylation sites (N-methyl/N-ethyl adjacent to an activating group) is 1. The fourth-order valence-corrected chi connectivity index (χ4v) is 2.22. The van der Waals surface area contributed by atoms with Crippen molar-refractivity contribution >= 4 is 15.9 Å². The minimum Gasteiger partial charge on any atom is -0.491 e. The normalized spacial score (nSPS) is 11.2. The molecule has 0 saturated heterocycles. The molecule has 1 aromatic carbocycles. The zero-order valence-electron chi connectivity index (χ0n) is 12.4. The number of hydrogen-bond donors (Lipinski definition) is 1. The molecule has 1 N–H and O–H groups in total. The van der Waals surface area contributed by atoms with Gasteiger partial charge >= 0.3 is 0 Å². The Hall–Kier alpha value is -0.740. The van der Waals surface area contributed by atoms with E-state index < -0.39 is 0 Å². The standard InChI is InChI=1S/C15H24BrNO2/c1-10(2)18-14-9-15(19-11(3)4)13(16)8-12(14)6-7-17-5/h8-11,17H,6-7H2,1-5H3. The molecule has 0 atom stereocenters. The third kappa shape index (κ3) is 5.41. The molecule has 0 amide bonds. The summed E-state index contributed by atoms with van der Waals surface area (Å²) in [5.41, 5.74) is 1.19. The van der Waals surface area contributed by atoms with Crippen LogP contribution in [0.5, 0.6) is 11.5 Å². The molecule has 0 aliphatic heterocycles. The fourth-order valence-electron chi connectivity index (χ4n) is 1.74. The number of rotatable bonds is 7. The maximum absolute atomic E-state index is 5.89. The molecule has 0 bridgehead atoms. The highest BCUT2D eigenvalue weighted by Crippen LogP contribution is 2.34. The van der Waals surface area contributed by atoms with Gasteiger partial charge in [0.05, 0.1) is 16.7 Å². The first-order chi connectivity index (χ1) is 8.93. The summed E-state index contributed by atoms with van der Waals surface area (Å²) in [6.07, 6.45) is 1.23. The van der Waals surface area contributed by atoms with Crippen molar-refractivity contribution in [1.29, 1.82) is 0 Å². The van der Waals surface area contributed by atoms with Crippen LogP contribution in [0.4, 0.5) is 0 Å². The van der Waals surface area contributed by atoms with E-state index in [2.05, 4.69) is 27.3 Å². The molecule has 0 saturated carbocycles. The lowest BCUT2D eigenvalue weighted by molar-refractivity contribution is 0.226. The zero-order valence-corrected chi connectivity index (χ0v) is 14.0. The molecular weight excluding hydrogens is 306 g/mol. The Balaban J connectivity index is 3.04. The Morgan fingerprint density at radius 3 is 2.16 bits per heavy atom. The van der Waals surface area contributed by atoms with Crippen LogP contribution < -0.4 is 14.8 Å². The number of ether oxygens (including phenoxy) is 2. The summed E-state index contributed by atoms with van der Waals surface area (Å²) in [4.78, 5) is 0. The Kier molecular flexibility index (Phi) is 6.66. The van der Waals surface area contributed by atoms with E-state index in [0.717, 1.165) is 28.9 Å². The molecule has 0 aliphatic carbocycles. The lowest BCUT2D eigenvalue weighted by Crippen LogP contribution is -2.14. The van der Waals surface area contributed by atoms with E-state index in [1.807, 2.05) is 40.8 Å². The molecule has 0 aromatic heterocycles. The topological polar surface area (TPSA) is 30.5 Å². The van der Waals surface area contributed by atoms with Gasteiger partial charge in [-0.15, -0.1) is 0 Å². The second-order valence-electron chi connectivity index (χ2n) is 5.08. The van der Waals surface area contributed by atoms with Gasteiger partial charge in [0.1, 0.15) is 11.5 Å². The first-order valence-electron chi connectivity index (χ1n) is 6.74. The first-order valence-corrected chi connectivity index (χ1v) is 7.53. The lowest BCUT2D eigenvalue weighted by Gasteiger charge is -2.18. The molecule has 1 rings (SSSR count). The van der Waals surface area contributed by atoms with Gasteiger partial charge in [0, 0.05) is 6.07 Å².